The SMILES string of the molecule is CCn1ccc(C=CC#N)c1. The minimum absolute atomic E-state index is 0.973. The monoisotopic (exact) mass is 146 g/mol. The van der Waals surface area contributed by atoms with Crippen molar-refractivity contribution in [3.05, 3.63) is 30.1 Å². The Morgan fingerprint density at radius 3 is 3.09 bits per heavy atom. The number of nitriles is 1. The molecule has 2 nitrogen and oxygen atoms in total. The van der Waals surface area contributed by atoms with Crippen molar-refractivity contribution in [3.8, 4) is 6.07 Å². The van der Waals surface area contributed by atoms with Gasteiger partial charge in [-0.05, 0) is 24.6 Å². The summed E-state index contributed by atoms with van der Waals surface area (Å²) in [6.45, 7) is 3.05. The van der Waals surface area contributed by atoms with Crippen molar-refractivity contribution >= 4 is 6.08 Å². The zero-order chi connectivity index (χ0) is 8.10. The third kappa shape index (κ3) is 1.98. The molecule has 56 valence electrons. The van der Waals surface area contributed by atoms with Crippen LogP contribution in [0, 0.1) is 11.3 Å². The molecule has 0 aliphatic heterocycles. The van der Waals surface area contributed by atoms with Gasteiger partial charge in [-0.1, -0.05) is 0 Å². The fourth-order valence-electron chi connectivity index (χ4n) is 0.888. The third-order valence-corrected chi connectivity index (χ3v) is 1.49. The van der Waals surface area contributed by atoms with Gasteiger partial charge in [-0.3, -0.25) is 0 Å². The molecular weight excluding hydrogens is 136 g/mol. The van der Waals surface area contributed by atoms with Crippen LogP contribution in [0.5, 0.6) is 0 Å². The lowest BCUT2D eigenvalue weighted by molar-refractivity contribution is 0.769. The lowest BCUT2D eigenvalue weighted by atomic mass is 10.3. The molecular formula is C9H10N2. The lowest BCUT2D eigenvalue weighted by Gasteiger charge is -1.91. The van der Waals surface area contributed by atoms with E-state index in [-0.39, 0.29) is 0 Å². The van der Waals surface area contributed by atoms with E-state index in [2.05, 4.69) is 11.5 Å². The van der Waals surface area contributed by atoms with Crippen LogP contribution in [-0.2, 0) is 6.54 Å². The molecule has 2 heteroatoms. The van der Waals surface area contributed by atoms with Crippen LogP contribution in [0.15, 0.2) is 24.5 Å². The van der Waals surface area contributed by atoms with Crippen molar-refractivity contribution in [2.75, 3.05) is 0 Å². The van der Waals surface area contributed by atoms with Gasteiger partial charge in [0.25, 0.3) is 0 Å². The summed E-state index contributed by atoms with van der Waals surface area (Å²) in [5.74, 6) is 0. The fourth-order valence-corrected chi connectivity index (χ4v) is 0.888. The van der Waals surface area contributed by atoms with Gasteiger partial charge in [0.2, 0.25) is 0 Å². The molecule has 0 aliphatic carbocycles. The van der Waals surface area contributed by atoms with Crippen molar-refractivity contribution in [1.82, 2.24) is 4.57 Å². The van der Waals surface area contributed by atoms with E-state index in [1.807, 2.05) is 24.5 Å². The first kappa shape index (κ1) is 7.62. The first-order valence-electron chi connectivity index (χ1n) is 3.58. The van der Waals surface area contributed by atoms with Crippen LogP contribution in [0.1, 0.15) is 12.5 Å². The summed E-state index contributed by atoms with van der Waals surface area (Å²) in [5, 5.41) is 8.25. The molecule has 0 spiro atoms. The molecule has 0 unspecified atom stereocenters. The van der Waals surface area contributed by atoms with Gasteiger partial charge in [0.1, 0.15) is 0 Å². The van der Waals surface area contributed by atoms with Gasteiger partial charge in [0.15, 0.2) is 0 Å². The van der Waals surface area contributed by atoms with Crippen LogP contribution in [0.4, 0.5) is 0 Å². The second-order valence-electron chi connectivity index (χ2n) is 2.24. The Balaban J connectivity index is 2.74. The molecule has 11 heavy (non-hydrogen) atoms. The van der Waals surface area contributed by atoms with Crippen molar-refractivity contribution < 1.29 is 0 Å². The Kier molecular flexibility index (Phi) is 2.51. The molecule has 0 fully saturated rings. The molecule has 0 aromatic carbocycles. The Morgan fingerprint density at radius 1 is 1.73 bits per heavy atom. The number of aromatic nitrogens is 1. The van der Waals surface area contributed by atoms with Gasteiger partial charge in [-0.2, -0.15) is 5.26 Å². The molecule has 1 aromatic heterocycles. The average Bonchev–Trinajstić information content (AvgIpc) is 2.48. The normalized spacial score (nSPS) is 10.2. The van der Waals surface area contributed by atoms with Crippen molar-refractivity contribution in [2.45, 2.75) is 13.5 Å². The van der Waals surface area contributed by atoms with Gasteiger partial charge in [0, 0.05) is 25.0 Å². The Bertz CT molecular complexity index is 289. The second kappa shape index (κ2) is 3.62. The van der Waals surface area contributed by atoms with E-state index in [4.69, 9.17) is 5.26 Å². The lowest BCUT2D eigenvalue weighted by Crippen LogP contribution is -1.86. The highest BCUT2D eigenvalue weighted by atomic mass is 14.9. The summed E-state index contributed by atoms with van der Waals surface area (Å²) < 4.78 is 2.07. The fraction of sp³-hybridized carbons (Fsp3) is 0.222. The van der Waals surface area contributed by atoms with Crippen LogP contribution in [0.2, 0.25) is 0 Å². The molecule has 0 amide bonds. The Hall–Kier alpha value is -1.49. The van der Waals surface area contributed by atoms with E-state index in [9.17, 15) is 0 Å². The molecule has 1 aromatic rings. The molecule has 0 bridgehead atoms. The highest BCUT2D eigenvalue weighted by Crippen LogP contribution is 2.02. The van der Waals surface area contributed by atoms with Crippen molar-refractivity contribution in [1.29, 1.82) is 5.26 Å². The van der Waals surface area contributed by atoms with E-state index in [1.54, 1.807) is 6.08 Å². The highest BCUT2D eigenvalue weighted by molar-refractivity contribution is 5.50. The zero-order valence-electron chi connectivity index (χ0n) is 6.49. The van der Waals surface area contributed by atoms with Crippen LogP contribution < -0.4 is 0 Å². The maximum atomic E-state index is 8.25. The minimum Gasteiger partial charge on any atom is -0.354 e. The largest absolute Gasteiger partial charge is 0.354 e. The number of hydrogen-bond donors (Lipinski definition) is 0. The Morgan fingerprint density at radius 2 is 2.55 bits per heavy atom. The van der Waals surface area contributed by atoms with E-state index in [1.165, 1.54) is 6.08 Å². The van der Waals surface area contributed by atoms with Gasteiger partial charge >= 0.3 is 0 Å². The molecule has 0 N–H and O–H groups in total. The first-order valence-corrected chi connectivity index (χ1v) is 3.58. The van der Waals surface area contributed by atoms with Gasteiger partial charge < -0.3 is 4.57 Å². The molecule has 0 aliphatic rings. The van der Waals surface area contributed by atoms with Gasteiger partial charge in [-0.15, -0.1) is 0 Å². The van der Waals surface area contributed by atoms with E-state index >= 15 is 0 Å². The first-order chi connectivity index (χ1) is 5.36. The second-order valence-corrected chi connectivity index (χ2v) is 2.24. The van der Waals surface area contributed by atoms with E-state index in [0.29, 0.717) is 0 Å². The van der Waals surface area contributed by atoms with Crippen LogP contribution >= 0.6 is 0 Å². The zero-order valence-corrected chi connectivity index (χ0v) is 6.49. The van der Waals surface area contributed by atoms with Crippen LogP contribution in [0.25, 0.3) is 6.08 Å². The van der Waals surface area contributed by atoms with E-state index < -0.39 is 0 Å². The number of allylic oxidation sites excluding steroid dienone is 1. The standard InChI is InChI=1S/C9H10N2/c1-2-11-7-5-9(8-11)4-3-6-10/h3-5,7-8H,2H2,1H3. The smallest absolute Gasteiger partial charge is 0.0912 e. The summed E-state index contributed by atoms with van der Waals surface area (Å²) in [4.78, 5) is 0. The van der Waals surface area contributed by atoms with Crippen LogP contribution in [-0.4, -0.2) is 4.57 Å². The molecule has 1 rings (SSSR count). The predicted molar refractivity (Wildman–Crippen MR) is 44.8 cm³/mol. The molecule has 0 saturated heterocycles. The minimum atomic E-state index is 0.973. The summed E-state index contributed by atoms with van der Waals surface area (Å²) >= 11 is 0. The number of rotatable bonds is 2. The molecule has 0 radical (unpaired) electrons. The number of hydrogen-bond acceptors (Lipinski definition) is 1. The number of aryl methyl sites for hydroxylation is 1. The summed E-state index contributed by atoms with van der Waals surface area (Å²) in [5.41, 5.74) is 1.08. The maximum Gasteiger partial charge on any atom is 0.0912 e. The third-order valence-electron chi connectivity index (χ3n) is 1.49. The van der Waals surface area contributed by atoms with Gasteiger partial charge in [-0.25, -0.2) is 0 Å². The quantitative estimate of drug-likeness (QED) is 0.587. The topological polar surface area (TPSA) is 28.7 Å². The maximum absolute atomic E-state index is 8.25. The average molecular weight is 146 g/mol. The predicted octanol–water partition coefficient (Wildman–Crippen LogP) is 2.04. The van der Waals surface area contributed by atoms with Crippen molar-refractivity contribution in [2.24, 2.45) is 0 Å². The molecule has 0 saturated carbocycles. The van der Waals surface area contributed by atoms with Gasteiger partial charge in [0.05, 0.1) is 6.07 Å². The molecule has 0 atom stereocenters. The highest BCUT2D eigenvalue weighted by Gasteiger charge is 1.88. The van der Waals surface area contributed by atoms with E-state index in [0.717, 1.165) is 12.1 Å². The molecule has 1 heterocycles. The summed E-state index contributed by atoms with van der Waals surface area (Å²) in [7, 11) is 0. The van der Waals surface area contributed by atoms with Crippen molar-refractivity contribution in [3.63, 3.8) is 0 Å². The Labute approximate surface area is 66.4 Å². The number of nitrogens with zero attached hydrogens (tertiary/aromatic N) is 2. The summed E-state index contributed by atoms with van der Waals surface area (Å²) in [6.07, 6.45) is 7.28. The summed E-state index contributed by atoms with van der Waals surface area (Å²) in [6, 6.07) is 3.94. The van der Waals surface area contributed by atoms with Crippen LogP contribution in [0.3, 0.4) is 0 Å².